The topological polar surface area (TPSA) is 30.2 Å². The van der Waals surface area contributed by atoms with Crippen molar-refractivity contribution in [2.45, 2.75) is 6.92 Å². The standard InChI is InChI=1S/C14H10O2/c1-9-6-7-13-11(14(9)15)8-10-4-2-3-5-12(10)16-13/h2-8H,1H3. The van der Waals surface area contributed by atoms with Crippen molar-refractivity contribution < 1.29 is 4.42 Å². The van der Waals surface area contributed by atoms with Crippen molar-refractivity contribution in [3.63, 3.8) is 0 Å². The summed E-state index contributed by atoms with van der Waals surface area (Å²) in [5.41, 5.74) is 2.25. The first-order valence-corrected chi connectivity index (χ1v) is 5.18. The Morgan fingerprint density at radius 2 is 1.88 bits per heavy atom. The number of aryl methyl sites for hydroxylation is 1. The van der Waals surface area contributed by atoms with E-state index in [1.807, 2.05) is 43.3 Å². The molecule has 0 saturated carbocycles. The molecule has 0 bridgehead atoms. The molecule has 1 aliphatic carbocycles. The summed E-state index contributed by atoms with van der Waals surface area (Å²) in [6, 6.07) is 13.2. The molecule has 1 aliphatic heterocycles. The quantitative estimate of drug-likeness (QED) is 0.533. The van der Waals surface area contributed by atoms with Crippen LogP contribution in [-0.2, 0) is 0 Å². The van der Waals surface area contributed by atoms with E-state index in [1.54, 1.807) is 6.07 Å². The lowest BCUT2D eigenvalue weighted by atomic mass is 10.0. The van der Waals surface area contributed by atoms with E-state index in [-0.39, 0.29) is 5.43 Å². The molecule has 0 aromatic heterocycles. The zero-order chi connectivity index (χ0) is 11.1. The normalized spacial score (nSPS) is 11.1. The van der Waals surface area contributed by atoms with E-state index in [0.717, 1.165) is 16.5 Å². The van der Waals surface area contributed by atoms with Crippen LogP contribution in [0.4, 0.5) is 0 Å². The predicted octanol–water partition coefficient (Wildman–Crippen LogP) is 3.21. The molecule has 0 N–H and O–H groups in total. The van der Waals surface area contributed by atoms with E-state index in [0.29, 0.717) is 11.3 Å². The average molecular weight is 210 g/mol. The molecule has 2 heteroatoms. The van der Waals surface area contributed by atoms with Gasteiger partial charge in [0.1, 0.15) is 11.3 Å². The molecular weight excluding hydrogens is 200 g/mol. The molecule has 2 aliphatic rings. The fourth-order valence-electron chi connectivity index (χ4n) is 1.88. The highest BCUT2D eigenvalue weighted by Crippen LogP contribution is 2.25. The minimum atomic E-state index is 0.0482. The van der Waals surface area contributed by atoms with Gasteiger partial charge in [0, 0.05) is 5.39 Å². The third-order valence-corrected chi connectivity index (χ3v) is 2.79. The third kappa shape index (κ3) is 1.23. The number of rotatable bonds is 0. The monoisotopic (exact) mass is 210 g/mol. The van der Waals surface area contributed by atoms with Crippen molar-refractivity contribution >= 4 is 11.0 Å². The van der Waals surface area contributed by atoms with Crippen LogP contribution >= 0.6 is 0 Å². The van der Waals surface area contributed by atoms with Gasteiger partial charge in [-0.1, -0.05) is 24.3 Å². The third-order valence-electron chi connectivity index (χ3n) is 2.79. The summed E-state index contributed by atoms with van der Waals surface area (Å²) in [5, 5.41) is 0.956. The van der Waals surface area contributed by atoms with E-state index in [4.69, 9.17) is 4.42 Å². The SMILES string of the molecule is Cc1ccc2oc3ccccc3cc-2c1=O. The molecule has 0 fully saturated rings. The maximum Gasteiger partial charge on any atom is 0.192 e. The molecule has 0 saturated heterocycles. The van der Waals surface area contributed by atoms with Gasteiger partial charge in [-0.3, -0.25) is 4.79 Å². The van der Waals surface area contributed by atoms with Crippen LogP contribution in [0.15, 0.2) is 51.7 Å². The van der Waals surface area contributed by atoms with Crippen molar-refractivity contribution in [1.29, 1.82) is 0 Å². The number of hydrogen-bond acceptors (Lipinski definition) is 2. The molecule has 1 heterocycles. The summed E-state index contributed by atoms with van der Waals surface area (Å²) in [7, 11) is 0. The maximum atomic E-state index is 11.9. The first kappa shape index (κ1) is 9.16. The number of benzene rings is 2. The second-order valence-corrected chi connectivity index (χ2v) is 3.91. The highest BCUT2D eigenvalue weighted by atomic mass is 16.3. The fourth-order valence-corrected chi connectivity index (χ4v) is 1.88. The van der Waals surface area contributed by atoms with Crippen LogP contribution in [0, 0.1) is 6.92 Å². The highest BCUT2D eigenvalue weighted by molar-refractivity contribution is 5.82. The average Bonchev–Trinajstić information content (AvgIpc) is 2.32. The number of para-hydroxylation sites is 1. The lowest BCUT2D eigenvalue weighted by molar-refractivity contribution is 0.618. The molecule has 3 rings (SSSR count). The van der Waals surface area contributed by atoms with Crippen LogP contribution in [-0.4, -0.2) is 0 Å². The predicted molar refractivity (Wildman–Crippen MR) is 63.8 cm³/mol. The highest BCUT2D eigenvalue weighted by Gasteiger charge is 2.11. The summed E-state index contributed by atoms with van der Waals surface area (Å²) in [6.45, 7) is 1.82. The number of hydrogen-bond donors (Lipinski definition) is 0. The van der Waals surface area contributed by atoms with Crippen LogP contribution < -0.4 is 5.43 Å². The molecule has 0 radical (unpaired) electrons. The zero-order valence-electron chi connectivity index (χ0n) is 8.86. The fraction of sp³-hybridized carbons (Fsp3) is 0.0714. The smallest absolute Gasteiger partial charge is 0.192 e. The molecule has 0 unspecified atom stereocenters. The van der Waals surface area contributed by atoms with Crippen molar-refractivity contribution in [2.24, 2.45) is 0 Å². The van der Waals surface area contributed by atoms with Crippen LogP contribution in [0.2, 0.25) is 0 Å². The van der Waals surface area contributed by atoms with Gasteiger partial charge in [0.15, 0.2) is 5.43 Å². The first-order valence-electron chi connectivity index (χ1n) is 5.18. The van der Waals surface area contributed by atoms with Gasteiger partial charge in [-0.2, -0.15) is 0 Å². The van der Waals surface area contributed by atoms with Gasteiger partial charge in [0.2, 0.25) is 0 Å². The second kappa shape index (κ2) is 3.20. The van der Waals surface area contributed by atoms with Gasteiger partial charge in [0.05, 0.1) is 5.56 Å². The zero-order valence-corrected chi connectivity index (χ0v) is 8.86. The maximum absolute atomic E-state index is 11.9. The van der Waals surface area contributed by atoms with Crippen molar-refractivity contribution in [3.8, 4) is 11.3 Å². The molecule has 0 spiro atoms. The van der Waals surface area contributed by atoms with Crippen molar-refractivity contribution in [3.05, 3.63) is 58.3 Å². The summed E-state index contributed by atoms with van der Waals surface area (Å²) < 4.78 is 5.68. The van der Waals surface area contributed by atoms with Crippen LogP contribution in [0.25, 0.3) is 22.3 Å². The van der Waals surface area contributed by atoms with Gasteiger partial charge >= 0.3 is 0 Å². The molecule has 0 amide bonds. The molecule has 1 aromatic carbocycles. The Bertz CT molecular complexity index is 695. The van der Waals surface area contributed by atoms with Gasteiger partial charge < -0.3 is 4.42 Å². The van der Waals surface area contributed by atoms with Crippen molar-refractivity contribution in [1.82, 2.24) is 0 Å². The summed E-state index contributed by atoms with van der Waals surface area (Å²) in [5.74, 6) is 0.648. The molecule has 0 atom stereocenters. The van der Waals surface area contributed by atoms with Gasteiger partial charge in [-0.25, -0.2) is 0 Å². The van der Waals surface area contributed by atoms with Gasteiger partial charge in [-0.05, 0) is 30.7 Å². The van der Waals surface area contributed by atoms with Crippen LogP contribution in [0.5, 0.6) is 0 Å². The Morgan fingerprint density at radius 3 is 2.75 bits per heavy atom. The molecule has 78 valence electrons. The van der Waals surface area contributed by atoms with Crippen LogP contribution in [0.3, 0.4) is 0 Å². The van der Waals surface area contributed by atoms with Crippen molar-refractivity contribution in [2.75, 3.05) is 0 Å². The second-order valence-electron chi connectivity index (χ2n) is 3.91. The minimum absolute atomic E-state index is 0.0482. The summed E-state index contributed by atoms with van der Waals surface area (Å²) in [4.78, 5) is 11.9. The lowest BCUT2D eigenvalue weighted by Crippen LogP contribution is -2.08. The first-order chi connectivity index (χ1) is 7.75. The Kier molecular flexibility index (Phi) is 1.83. The molecular formula is C14H10O2. The van der Waals surface area contributed by atoms with E-state index >= 15 is 0 Å². The molecule has 1 aromatic rings. The Balaban J connectivity index is 2.53. The Hall–Kier alpha value is -2.09. The van der Waals surface area contributed by atoms with Crippen LogP contribution in [0.1, 0.15) is 5.56 Å². The minimum Gasteiger partial charge on any atom is -0.456 e. The molecule has 2 nitrogen and oxygen atoms in total. The molecule has 16 heavy (non-hydrogen) atoms. The Morgan fingerprint density at radius 1 is 1.06 bits per heavy atom. The van der Waals surface area contributed by atoms with E-state index in [9.17, 15) is 4.79 Å². The lowest BCUT2D eigenvalue weighted by Gasteiger charge is -2.06. The Labute approximate surface area is 92.5 Å². The largest absolute Gasteiger partial charge is 0.456 e. The van der Waals surface area contributed by atoms with Gasteiger partial charge in [-0.15, -0.1) is 0 Å². The number of fused-ring (bicyclic) bond motifs is 2. The summed E-state index contributed by atoms with van der Waals surface area (Å²) >= 11 is 0. The van der Waals surface area contributed by atoms with E-state index in [1.165, 1.54) is 0 Å². The van der Waals surface area contributed by atoms with E-state index < -0.39 is 0 Å². The summed E-state index contributed by atoms with van der Waals surface area (Å²) in [6.07, 6.45) is 0. The van der Waals surface area contributed by atoms with Gasteiger partial charge in [0.25, 0.3) is 0 Å². The van der Waals surface area contributed by atoms with E-state index in [2.05, 4.69) is 0 Å².